The van der Waals surface area contributed by atoms with E-state index < -0.39 is 21.5 Å². The predicted octanol–water partition coefficient (Wildman–Crippen LogP) is 0.660. The van der Waals surface area contributed by atoms with Crippen molar-refractivity contribution in [2.45, 2.75) is 38.1 Å². The average Bonchev–Trinajstić information content (AvgIpc) is 2.59. The van der Waals surface area contributed by atoms with E-state index >= 15 is 0 Å². The lowest BCUT2D eigenvalue weighted by Gasteiger charge is -2.26. The number of hydrogen-bond donors (Lipinski definition) is 2. The van der Waals surface area contributed by atoms with Gasteiger partial charge in [0.25, 0.3) is 5.91 Å². The highest BCUT2D eigenvalue weighted by atomic mass is 32.2. The van der Waals surface area contributed by atoms with Crippen molar-refractivity contribution in [3.63, 3.8) is 0 Å². The maximum Gasteiger partial charge on any atom is 0.252 e. The van der Waals surface area contributed by atoms with Gasteiger partial charge in [-0.1, -0.05) is 6.07 Å². The Kier molecular flexibility index (Phi) is 6.61. The number of nitrogens with zero attached hydrogens (tertiary/aromatic N) is 1. The summed E-state index contributed by atoms with van der Waals surface area (Å²) >= 11 is 0. The number of rotatable bonds is 5. The lowest BCUT2D eigenvalue weighted by atomic mass is 10.1. The Morgan fingerprint density at radius 3 is 2.41 bits per heavy atom. The van der Waals surface area contributed by atoms with Crippen LogP contribution >= 0.6 is 0 Å². The molecular weight excluding hydrogens is 370 g/mol. The molecular formula is C18H27N3O5S. The van der Waals surface area contributed by atoms with E-state index in [4.69, 9.17) is 4.74 Å². The molecule has 1 aliphatic heterocycles. The van der Waals surface area contributed by atoms with Crippen LogP contribution in [0.2, 0.25) is 0 Å². The highest BCUT2D eigenvalue weighted by Crippen LogP contribution is 2.20. The van der Waals surface area contributed by atoms with E-state index in [1.54, 1.807) is 13.0 Å². The highest BCUT2D eigenvalue weighted by molar-refractivity contribution is 7.89. The SMILES string of the molecule is Cc1ccc(S(=O)(=O)N2CCOCC2)cc1C(=O)NCC(=O)NC(C)(C)C. The summed E-state index contributed by atoms with van der Waals surface area (Å²) in [6.07, 6.45) is 0. The van der Waals surface area contributed by atoms with Gasteiger partial charge in [0.1, 0.15) is 0 Å². The Labute approximate surface area is 160 Å². The fourth-order valence-corrected chi connectivity index (χ4v) is 4.10. The molecule has 0 unspecified atom stereocenters. The van der Waals surface area contributed by atoms with Crippen LogP contribution in [0.5, 0.6) is 0 Å². The molecule has 150 valence electrons. The quantitative estimate of drug-likeness (QED) is 0.759. The van der Waals surface area contributed by atoms with Gasteiger partial charge >= 0.3 is 0 Å². The van der Waals surface area contributed by atoms with E-state index in [9.17, 15) is 18.0 Å². The molecule has 2 rings (SSSR count). The number of carbonyl (C=O) groups is 2. The molecule has 0 atom stereocenters. The molecule has 0 bridgehead atoms. The van der Waals surface area contributed by atoms with E-state index in [1.165, 1.54) is 16.4 Å². The number of carbonyl (C=O) groups excluding carboxylic acids is 2. The summed E-state index contributed by atoms with van der Waals surface area (Å²) in [5.74, 6) is -0.804. The van der Waals surface area contributed by atoms with E-state index in [0.717, 1.165) is 0 Å². The molecule has 1 fully saturated rings. The molecule has 1 heterocycles. The number of aryl methyl sites for hydroxylation is 1. The third-order valence-corrected chi connectivity index (χ3v) is 5.88. The molecule has 0 radical (unpaired) electrons. The zero-order chi connectivity index (χ0) is 20.2. The van der Waals surface area contributed by atoms with Gasteiger partial charge in [0.15, 0.2) is 0 Å². The zero-order valence-corrected chi connectivity index (χ0v) is 17.0. The number of nitrogens with one attached hydrogen (secondary N) is 2. The number of sulfonamides is 1. The molecule has 2 amide bonds. The van der Waals surface area contributed by atoms with Gasteiger partial charge < -0.3 is 15.4 Å². The number of hydrogen-bond acceptors (Lipinski definition) is 5. The second kappa shape index (κ2) is 8.37. The topological polar surface area (TPSA) is 105 Å². The Balaban J connectivity index is 2.14. The third kappa shape index (κ3) is 5.75. The molecule has 1 aliphatic rings. The molecule has 2 N–H and O–H groups in total. The Morgan fingerprint density at radius 2 is 1.81 bits per heavy atom. The molecule has 0 aliphatic carbocycles. The van der Waals surface area contributed by atoms with Crippen molar-refractivity contribution in [3.05, 3.63) is 29.3 Å². The normalized spacial score (nSPS) is 16.0. The predicted molar refractivity (Wildman–Crippen MR) is 101 cm³/mol. The monoisotopic (exact) mass is 397 g/mol. The van der Waals surface area contributed by atoms with Crippen molar-refractivity contribution < 1.29 is 22.7 Å². The van der Waals surface area contributed by atoms with Crippen LogP contribution in [0.3, 0.4) is 0 Å². The minimum atomic E-state index is -3.70. The van der Waals surface area contributed by atoms with Gasteiger partial charge in [-0.3, -0.25) is 9.59 Å². The van der Waals surface area contributed by atoms with E-state index in [1.807, 2.05) is 20.8 Å². The second-order valence-electron chi connectivity index (χ2n) is 7.47. The molecule has 0 saturated carbocycles. The van der Waals surface area contributed by atoms with Crippen molar-refractivity contribution in [2.24, 2.45) is 0 Å². The van der Waals surface area contributed by atoms with Gasteiger partial charge in [-0.2, -0.15) is 4.31 Å². The van der Waals surface area contributed by atoms with Gasteiger partial charge in [-0.05, 0) is 45.4 Å². The van der Waals surface area contributed by atoms with E-state index in [0.29, 0.717) is 18.8 Å². The Bertz CT molecular complexity index is 809. The summed E-state index contributed by atoms with van der Waals surface area (Å²) in [7, 11) is -3.70. The van der Waals surface area contributed by atoms with Crippen LogP contribution < -0.4 is 10.6 Å². The maximum absolute atomic E-state index is 12.8. The fourth-order valence-electron chi connectivity index (χ4n) is 2.66. The van der Waals surface area contributed by atoms with Crippen LogP contribution in [-0.4, -0.2) is 62.9 Å². The first-order valence-electron chi connectivity index (χ1n) is 8.78. The summed E-state index contributed by atoms with van der Waals surface area (Å²) < 4.78 is 32.1. The summed E-state index contributed by atoms with van der Waals surface area (Å²) in [6.45, 7) is 8.33. The first kappa shape index (κ1) is 21.3. The number of benzene rings is 1. The van der Waals surface area contributed by atoms with Gasteiger partial charge in [0.05, 0.1) is 24.7 Å². The number of morpholine rings is 1. The number of ether oxygens (including phenoxy) is 1. The van der Waals surface area contributed by atoms with Crippen molar-refractivity contribution in [1.82, 2.24) is 14.9 Å². The Hall–Kier alpha value is -1.97. The summed E-state index contributed by atoms with van der Waals surface area (Å²) in [6, 6.07) is 4.44. The van der Waals surface area contributed by atoms with Gasteiger partial charge in [-0.15, -0.1) is 0 Å². The summed E-state index contributed by atoms with van der Waals surface area (Å²) in [4.78, 5) is 24.4. The van der Waals surface area contributed by atoms with Crippen LogP contribution in [0.25, 0.3) is 0 Å². The molecule has 1 aromatic carbocycles. The number of amides is 2. The minimum Gasteiger partial charge on any atom is -0.379 e. The van der Waals surface area contributed by atoms with E-state index in [-0.39, 0.29) is 36.0 Å². The van der Waals surface area contributed by atoms with E-state index in [2.05, 4.69) is 10.6 Å². The van der Waals surface area contributed by atoms with Crippen molar-refractivity contribution >= 4 is 21.8 Å². The van der Waals surface area contributed by atoms with Crippen LogP contribution in [-0.2, 0) is 19.6 Å². The van der Waals surface area contributed by atoms with Gasteiger partial charge in [0.2, 0.25) is 15.9 Å². The summed E-state index contributed by atoms with van der Waals surface area (Å²) in [5.41, 5.74) is 0.460. The first-order chi connectivity index (χ1) is 12.5. The van der Waals surface area contributed by atoms with Crippen LogP contribution in [0.1, 0.15) is 36.7 Å². The first-order valence-corrected chi connectivity index (χ1v) is 10.2. The molecule has 9 heteroatoms. The molecule has 8 nitrogen and oxygen atoms in total. The van der Waals surface area contributed by atoms with Gasteiger partial charge in [0, 0.05) is 24.2 Å². The lowest BCUT2D eigenvalue weighted by molar-refractivity contribution is -0.121. The lowest BCUT2D eigenvalue weighted by Crippen LogP contribution is -2.46. The van der Waals surface area contributed by atoms with Crippen molar-refractivity contribution in [2.75, 3.05) is 32.8 Å². The van der Waals surface area contributed by atoms with Crippen LogP contribution in [0.15, 0.2) is 23.1 Å². The molecule has 0 spiro atoms. The standard InChI is InChI=1S/C18H27N3O5S/c1-13-5-6-14(27(24,25)21-7-9-26-10-8-21)11-15(13)17(23)19-12-16(22)20-18(2,3)4/h5-6,11H,7-10,12H2,1-4H3,(H,19,23)(H,20,22). The summed E-state index contributed by atoms with van der Waals surface area (Å²) in [5, 5.41) is 5.29. The average molecular weight is 397 g/mol. The molecule has 27 heavy (non-hydrogen) atoms. The zero-order valence-electron chi connectivity index (χ0n) is 16.2. The van der Waals surface area contributed by atoms with Crippen molar-refractivity contribution in [3.8, 4) is 0 Å². The molecule has 1 aromatic rings. The smallest absolute Gasteiger partial charge is 0.252 e. The van der Waals surface area contributed by atoms with Crippen molar-refractivity contribution in [1.29, 1.82) is 0 Å². The fraction of sp³-hybridized carbons (Fsp3) is 0.556. The van der Waals surface area contributed by atoms with Crippen LogP contribution in [0, 0.1) is 6.92 Å². The van der Waals surface area contributed by atoms with Crippen LogP contribution in [0.4, 0.5) is 0 Å². The molecule has 1 saturated heterocycles. The largest absolute Gasteiger partial charge is 0.379 e. The second-order valence-corrected chi connectivity index (χ2v) is 9.41. The minimum absolute atomic E-state index is 0.0549. The third-order valence-electron chi connectivity index (χ3n) is 3.99. The van der Waals surface area contributed by atoms with Gasteiger partial charge in [-0.25, -0.2) is 8.42 Å². The Morgan fingerprint density at radius 1 is 1.19 bits per heavy atom. The molecule has 0 aromatic heterocycles. The highest BCUT2D eigenvalue weighted by Gasteiger charge is 2.27. The maximum atomic E-state index is 12.8.